The quantitative estimate of drug-likeness (QED) is 0.780. The maximum atomic E-state index is 13.4. The van der Waals surface area contributed by atoms with Crippen LogP contribution in [0.4, 0.5) is 0 Å². The molecule has 0 bridgehead atoms. The topological polar surface area (TPSA) is 20.3 Å². The van der Waals surface area contributed by atoms with Crippen LogP contribution in [0.3, 0.4) is 0 Å². The SMILES string of the molecule is C=C1CN(C(=O)C(c2ccccc2)c2ccccc2)C2(CC2)C1. The number of carbonyl (C=O) groups is 1. The lowest BCUT2D eigenvalue weighted by atomic mass is 9.89. The Labute approximate surface area is 137 Å². The van der Waals surface area contributed by atoms with Gasteiger partial charge in [-0.1, -0.05) is 72.8 Å². The highest BCUT2D eigenvalue weighted by atomic mass is 16.2. The average molecular weight is 303 g/mol. The number of nitrogens with zero attached hydrogens (tertiary/aromatic N) is 1. The van der Waals surface area contributed by atoms with Gasteiger partial charge in [-0.3, -0.25) is 4.79 Å². The van der Waals surface area contributed by atoms with Crippen LogP contribution in [0.15, 0.2) is 72.8 Å². The molecule has 0 unspecified atom stereocenters. The molecular formula is C21H21NO. The molecule has 2 fully saturated rings. The lowest BCUT2D eigenvalue weighted by molar-refractivity contribution is -0.133. The zero-order valence-corrected chi connectivity index (χ0v) is 13.2. The molecule has 1 saturated heterocycles. The first-order chi connectivity index (χ1) is 11.2. The molecule has 2 nitrogen and oxygen atoms in total. The highest BCUT2D eigenvalue weighted by Gasteiger charge is 2.54. The Bertz CT molecular complexity index is 691. The van der Waals surface area contributed by atoms with Crippen LogP contribution in [-0.4, -0.2) is 22.9 Å². The van der Waals surface area contributed by atoms with Crippen LogP contribution in [0.25, 0.3) is 0 Å². The van der Waals surface area contributed by atoms with Crippen molar-refractivity contribution in [2.45, 2.75) is 30.7 Å². The van der Waals surface area contributed by atoms with Gasteiger partial charge in [0.2, 0.25) is 5.91 Å². The molecule has 1 aliphatic carbocycles. The van der Waals surface area contributed by atoms with Gasteiger partial charge in [-0.25, -0.2) is 0 Å². The molecule has 116 valence electrons. The normalized spacial score (nSPS) is 18.7. The Morgan fingerprint density at radius 1 is 0.957 bits per heavy atom. The van der Waals surface area contributed by atoms with Gasteiger partial charge in [-0.2, -0.15) is 0 Å². The third kappa shape index (κ3) is 2.48. The van der Waals surface area contributed by atoms with Gasteiger partial charge in [0.05, 0.1) is 5.92 Å². The Morgan fingerprint density at radius 3 is 1.96 bits per heavy atom. The van der Waals surface area contributed by atoms with E-state index in [1.807, 2.05) is 36.4 Å². The molecular weight excluding hydrogens is 282 g/mol. The molecule has 1 amide bonds. The summed E-state index contributed by atoms with van der Waals surface area (Å²) in [5, 5.41) is 0. The Morgan fingerprint density at radius 2 is 1.48 bits per heavy atom. The van der Waals surface area contributed by atoms with Gasteiger partial charge in [0.15, 0.2) is 0 Å². The van der Waals surface area contributed by atoms with Crippen molar-refractivity contribution in [3.05, 3.63) is 83.9 Å². The van der Waals surface area contributed by atoms with Crippen molar-refractivity contribution in [3.63, 3.8) is 0 Å². The molecule has 4 rings (SSSR count). The lowest BCUT2D eigenvalue weighted by Gasteiger charge is -2.29. The summed E-state index contributed by atoms with van der Waals surface area (Å²) in [6.45, 7) is 4.85. The zero-order valence-electron chi connectivity index (χ0n) is 13.2. The summed E-state index contributed by atoms with van der Waals surface area (Å²) in [5.74, 6) is -0.000625. The molecule has 2 aromatic carbocycles. The van der Waals surface area contributed by atoms with E-state index in [1.165, 1.54) is 5.57 Å². The van der Waals surface area contributed by atoms with Crippen molar-refractivity contribution < 1.29 is 4.79 Å². The fourth-order valence-corrected chi connectivity index (χ4v) is 3.84. The summed E-state index contributed by atoms with van der Waals surface area (Å²) in [6, 6.07) is 20.2. The number of benzene rings is 2. The van der Waals surface area contributed by atoms with Crippen LogP contribution in [-0.2, 0) is 4.79 Å². The van der Waals surface area contributed by atoms with Gasteiger partial charge in [0, 0.05) is 12.1 Å². The first kappa shape index (κ1) is 14.3. The van der Waals surface area contributed by atoms with E-state index in [0.29, 0.717) is 0 Å². The third-order valence-electron chi connectivity index (χ3n) is 5.14. The van der Waals surface area contributed by atoms with Crippen molar-refractivity contribution >= 4 is 5.91 Å². The fourth-order valence-electron chi connectivity index (χ4n) is 3.84. The van der Waals surface area contributed by atoms with E-state index < -0.39 is 0 Å². The van der Waals surface area contributed by atoms with E-state index in [9.17, 15) is 4.79 Å². The molecule has 1 spiro atoms. The summed E-state index contributed by atoms with van der Waals surface area (Å²) in [5.41, 5.74) is 3.40. The second kappa shape index (κ2) is 5.38. The smallest absolute Gasteiger partial charge is 0.235 e. The molecule has 1 saturated carbocycles. The van der Waals surface area contributed by atoms with Crippen LogP contribution < -0.4 is 0 Å². The number of likely N-dealkylation sites (tertiary alicyclic amines) is 1. The van der Waals surface area contributed by atoms with Gasteiger partial charge in [0.1, 0.15) is 0 Å². The fraction of sp³-hybridized carbons (Fsp3) is 0.286. The van der Waals surface area contributed by atoms with E-state index in [2.05, 4.69) is 35.7 Å². The summed E-state index contributed by atoms with van der Waals surface area (Å²) < 4.78 is 0. The second-order valence-electron chi connectivity index (χ2n) is 6.83. The number of hydrogen-bond donors (Lipinski definition) is 0. The van der Waals surface area contributed by atoms with Crippen LogP contribution in [0.2, 0.25) is 0 Å². The lowest BCUT2D eigenvalue weighted by Crippen LogP contribution is -2.40. The summed E-state index contributed by atoms with van der Waals surface area (Å²) in [4.78, 5) is 15.5. The predicted octanol–water partition coefficient (Wildman–Crippen LogP) is 4.14. The highest BCUT2D eigenvalue weighted by molar-refractivity contribution is 5.89. The van der Waals surface area contributed by atoms with Crippen molar-refractivity contribution in [2.24, 2.45) is 0 Å². The molecule has 1 heterocycles. The van der Waals surface area contributed by atoms with Crippen molar-refractivity contribution in [3.8, 4) is 0 Å². The largest absolute Gasteiger partial charge is 0.332 e. The number of hydrogen-bond acceptors (Lipinski definition) is 1. The van der Waals surface area contributed by atoms with Crippen molar-refractivity contribution in [1.29, 1.82) is 0 Å². The average Bonchev–Trinajstić information content (AvgIpc) is 3.26. The van der Waals surface area contributed by atoms with E-state index in [-0.39, 0.29) is 17.4 Å². The van der Waals surface area contributed by atoms with Gasteiger partial charge in [-0.15, -0.1) is 0 Å². The summed E-state index contributed by atoms with van der Waals surface area (Å²) >= 11 is 0. The van der Waals surface area contributed by atoms with Crippen molar-refractivity contribution in [1.82, 2.24) is 4.90 Å². The highest BCUT2D eigenvalue weighted by Crippen LogP contribution is 2.52. The molecule has 23 heavy (non-hydrogen) atoms. The standard InChI is InChI=1S/C21H21NO/c1-16-14-21(12-13-21)22(15-16)20(23)19(17-8-4-2-5-9-17)18-10-6-3-7-11-18/h2-11,19H,1,12-15H2. The first-order valence-electron chi connectivity index (χ1n) is 8.28. The zero-order chi connectivity index (χ0) is 15.9. The molecule has 2 aliphatic rings. The monoisotopic (exact) mass is 303 g/mol. The van der Waals surface area contributed by atoms with Gasteiger partial charge < -0.3 is 4.90 Å². The Balaban J connectivity index is 1.74. The Hall–Kier alpha value is -2.35. The molecule has 0 aromatic heterocycles. The van der Waals surface area contributed by atoms with Gasteiger partial charge in [-0.05, 0) is 30.4 Å². The minimum absolute atomic E-state index is 0.0793. The van der Waals surface area contributed by atoms with Crippen LogP contribution >= 0.6 is 0 Å². The van der Waals surface area contributed by atoms with Gasteiger partial charge in [0.25, 0.3) is 0 Å². The molecule has 0 radical (unpaired) electrons. The summed E-state index contributed by atoms with van der Waals surface area (Å²) in [7, 11) is 0. The molecule has 2 heteroatoms. The number of carbonyl (C=O) groups excluding carboxylic acids is 1. The molecule has 2 aromatic rings. The number of amides is 1. The first-order valence-corrected chi connectivity index (χ1v) is 8.28. The van der Waals surface area contributed by atoms with E-state index in [1.54, 1.807) is 0 Å². The number of rotatable bonds is 3. The minimum atomic E-state index is -0.222. The summed E-state index contributed by atoms with van der Waals surface area (Å²) in [6.07, 6.45) is 3.22. The molecule has 0 N–H and O–H groups in total. The maximum absolute atomic E-state index is 13.4. The van der Waals surface area contributed by atoms with E-state index >= 15 is 0 Å². The van der Waals surface area contributed by atoms with Crippen molar-refractivity contribution in [2.75, 3.05) is 6.54 Å². The Kier molecular flexibility index (Phi) is 3.33. The van der Waals surface area contributed by atoms with Crippen LogP contribution in [0, 0.1) is 0 Å². The van der Waals surface area contributed by atoms with E-state index in [0.717, 1.165) is 36.9 Å². The third-order valence-corrected chi connectivity index (χ3v) is 5.14. The van der Waals surface area contributed by atoms with E-state index in [4.69, 9.17) is 0 Å². The molecule has 1 aliphatic heterocycles. The van der Waals surface area contributed by atoms with Crippen LogP contribution in [0.5, 0.6) is 0 Å². The minimum Gasteiger partial charge on any atom is -0.332 e. The van der Waals surface area contributed by atoms with Gasteiger partial charge >= 0.3 is 0 Å². The maximum Gasteiger partial charge on any atom is 0.235 e. The van der Waals surface area contributed by atoms with Crippen LogP contribution in [0.1, 0.15) is 36.3 Å². The predicted molar refractivity (Wildman–Crippen MR) is 92.2 cm³/mol. The second-order valence-corrected chi connectivity index (χ2v) is 6.83. The molecule has 0 atom stereocenters.